The third kappa shape index (κ3) is 12.9. The van der Waals surface area contributed by atoms with Gasteiger partial charge < -0.3 is 0 Å². The van der Waals surface area contributed by atoms with Gasteiger partial charge in [-0.25, -0.2) is 0 Å². The summed E-state index contributed by atoms with van der Waals surface area (Å²) in [4.78, 5) is 2.65. The SMILES string of the molecule is CCCC[As](CCCC)c1cccc(N(c2cccc([As](CCCC)CCCC)c2)c2cccc([As](CCCC)CCCC)c2)c1. The standard InChI is InChI=1S/C42H66As3N/c1-7-13-28-43(29-14-8-2)37-22-19-25-40(34-37)46(41-26-20-23-38(35-41)44(30-15-9-3)31-16-10-4)42-27-21-24-39(36-42)45(32-17-11-5)33-18-12-6/h19-27,34-36H,7-18,28-33H2,1-6H3. The zero-order valence-corrected chi connectivity index (χ0v) is 36.1. The molecule has 254 valence electrons. The van der Waals surface area contributed by atoms with E-state index < -0.39 is 44.0 Å². The predicted molar refractivity (Wildman–Crippen MR) is 216 cm³/mol. The van der Waals surface area contributed by atoms with Crippen molar-refractivity contribution in [3.8, 4) is 0 Å². The molecule has 0 saturated carbocycles. The molecule has 0 aliphatic carbocycles. The van der Waals surface area contributed by atoms with Crippen LogP contribution in [0, 0.1) is 0 Å². The summed E-state index contributed by atoms with van der Waals surface area (Å²) in [6, 6.07) is 29.7. The Morgan fingerprint density at radius 3 is 0.826 bits per heavy atom. The van der Waals surface area contributed by atoms with Crippen LogP contribution in [0.4, 0.5) is 17.1 Å². The number of rotatable bonds is 24. The molecule has 0 aromatic heterocycles. The van der Waals surface area contributed by atoms with Gasteiger partial charge in [0.05, 0.1) is 0 Å². The first-order valence-electron chi connectivity index (χ1n) is 18.9. The van der Waals surface area contributed by atoms with E-state index in [-0.39, 0.29) is 0 Å². The van der Waals surface area contributed by atoms with E-state index in [0.29, 0.717) is 0 Å². The number of unbranched alkanes of at least 4 members (excludes halogenated alkanes) is 6. The topological polar surface area (TPSA) is 3.24 Å². The maximum absolute atomic E-state index is 2.65. The van der Waals surface area contributed by atoms with E-state index in [1.54, 1.807) is 13.1 Å². The predicted octanol–water partition coefficient (Wildman–Crippen LogP) is 12.1. The summed E-state index contributed by atoms with van der Waals surface area (Å²) < 4.78 is 5.05. The molecule has 1 nitrogen and oxygen atoms in total. The molecule has 3 rings (SSSR count). The number of anilines is 3. The number of benzene rings is 3. The van der Waals surface area contributed by atoms with Gasteiger partial charge >= 0.3 is 302 Å². The first-order valence-corrected chi connectivity index (χ1v) is 29.7. The Bertz CT molecular complexity index is 1050. The van der Waals surface area contributed by atoms with Crippen LogP contribution in [0.2, 0.25) is 31.3 Å². The van der Waals surface area contributed by atoms with Crippen molar-refractivity contribution >= 4 is 74.1 Å². The molecule has 0 unspecified atom stereocenters. The van der Waals surface area contributed by atoms with Gasteiger partial charge in [0.2, 0.25) is 0 Å². The summed E-state index contributed by atoms with van der Waals surface area (Å²) in [6.07, 6.45) is 16.1. The van der Waals surface area contributed by atoms with Crippen molar-refractivity contribution in [2.24, 2.45) is 0 Å². The van der Waals surface area contributed by atoms with Gasteiger partial charge in [-0.3, -0.25) is 0 Å². The molecule has 0 fully saturated rings. The van der Waals surface area contributed by atoms with E-state index in [0.717, 1.165) is 0 Å². The Hall–Kier alpha value is -0.865. The molecule has 3 aromatic carbocycles. The van der Waals surface area contributed by atoms with E-state index in [4.69, 9.17) is 0 Å². The van der Waals surface area contributed by atoms with Crippen molar-refractivity contribution in [1.82, 2.24) is 0 Å². The van der Waals surface area contributed by atoms with Crippen molar-refractivity contribution in [2.45, 2.75) is 150 Å². The second-order valence-corrected chi connectivity index (χ2v) is 28.7. The molecule has 0 N–H and O–H groups in total. The monoisotopic (exact) mass is 809 g/mol. The first kappa shape index (κ1) is 39.6. The van der Waals surface area contributed by atoms with Gasteiger partial charge in [-0.05, 0) is 0 Å². The molecule has 0 amide bonds. The Kier molecular flexibility index (Phi) is 20.2. The number of hydrogen-bond donors (Lipinski definition) is 0. The average Bonchev–Trinajstić information content (AvgIpc) is 3.09. The summed E-state index contributed by atoms with van der Waals surface area (Å²) in [5, 5.41) is 8.68. The van der Waals surface area contributed by atoms with Gasteiger partial charge in [-0.2, -0.15) is 0 Å². The number of hydrogen-bond acceptors (Lipinski definition) is 1. The van der Waals surface area contributed by atoms with Gasteiger partial charge in [0.15, 0.2) is 0 Å². The van der Waals surface area contributed by atoms with E-state index in [1.165, 1.54) is 125 Å². The molecule has 0 radical (unpaired) electrons. The Labute approximate surface area is 299 Å². The van der Waals surface area contributed by atoms with E-state index in [9.17, 15) is 0 Å². The molecule has 0 aliphatic rings. The van der Waals surface area contributed by atoms with Crippen LogP contribution in [0.1, 0.15) is 119 Å². The quantitative estimate of drug-likeness (QED) is 0.0815. The maximum atomic E-state index is 2.65. The molecule has 0 heterocycles. The van der Waals surface area contributed by atoms with Crippen LogP contribution in [0.25, 0.3) is 0 Å². The molecular formula is C42H66As3N. The van der Waals surface area contributed by atoms with Gasteiger partial charge in [0.1, 0.15) is 0 Å². The van der Waals surface area contributed by atoms with Crippen molar-refractivity contribution in [2.75, 3.05) is 4.90 Å². The van der Waals surface area contributed by atoms with Gasteiger partial charge in [-0.15, -0.1) is 0 Å². The van der Waals surface area contributed by atoms with Crippen molar-refractivity contribution < 1.29 is 0 Å². The van der Waals surface area contributed by atoms with Crippen LogP contribution < -0.4 is 18.0 Å². The summed E-state index contributed by atoms with van der Waals surface area (Å²) in [6.45, 7) is 14.2. The molecule has 3 aromatic rings. The van der Waals surface area contributed by atoms with Crippen molar-refractivity contribution in [3.63, 3.8) is 0 Å². The van der Waals surface area contributed by atoms with E-state index in [1.807, 2.05) is 0 Å². The summed E-state index contributed by atoms with van der Waals surface area (Å²) >= 11 is -3.25. The van der Waals surface area contributed by atoms with Crippen LogP contribution in [0.15, 0.2) is 72.8 Å². The Morgan fingerprint density at radius 2 is 0.609 bits per heavy atom. The third-order valence-corrected chi connectivity index (χ3v) is 26.2. The molecule has 46 heavy (non-hydrogen) atoms. The molecule has 0 aliphatic heterocycles. The van der Waals surface area contributed by atoms with Crippen molar-refractivity contribution in [3.05, 3.63) is 72.8 Å². The first-order chi connectivity index (χ1) is 22.6. The van der Waals surface area contributed by atoms with Crippen molar-refractivity contribution in [1.29, 1.82) is 0 Å². The summed E-state index contributed by atoms with van der Waals surface area (Å²) in [7, 11) is 0. The van der Waals surface area contributed by atoms with Crippen LogP contribution >= 0.6 is 0 Å². The minimum atomic E-state index is -1.08. The molecule has 0 saturated heterocycles. The molecule has 0 bridgehead atoms. The second-order valence-electron chi connectivity index (χ2n) is 13.0. The minimum absolute atomic E-state index is 1.08. The normalized spacial score (nSPS) is 11.7. The Morgan fingerprint density at radius 1 is 0.370 bits per heavy atom. The van der Waals surface area contributed by atoms with Gasteiger partial charge in [0, 0.05) is 0 Å². The summed E-state index contributed by atoms with van der Waals surface area (Å²) in [5.41, 5.74) is 4.13. The van der Waals surface area contributed by atoms with Crippen LogP contribution in [-0.2, 0) is 0 Å². The van der Waals surface area contributed by atoms with Gasteiger partial charge in [-0.1, -0.05) is 0 Å². The van der Waals surface area contributed by atoms with Crippen LogP contribution in [0.3, 0.4) is 0 Å². The van der Waals surface area contributed by atoms with Crippen LogP contribution in [0.5, 0.6) is 0 Å². The average molecular weight is 810 g/mol. The van der Waals surface area contributed by atoms with Gasteiger partial charge in [0.25, 0.3) is 0 Å². The van der Waals surface area contributed by atoms with Crippen LogP contribution in [-0.4, -0.2) is 44.0 Å². The molecule has 4 heteroatoms. The molecule has 0 spiro atoms. The fraction of sp³-hybridized carbons (Fsp3) is 0.571. The van der Waals surface area contributed by atoms with E-state index in [2.05, 4.69) is 119 Å². The zero-order valence-electron chi connectivity index (χ0n) is 30.4. The molecular weight excluding hydrogens is 743 g/mol. The molecule has 0 atom stereocenters. The third-order valence-electron chi connectivity index (χ3n) is 9.05. The summed E-state index contributed by atoms with van der Waals surface area (Å²) in [5.74, 6) is 0. The second kappa shape index (κ2) is 23.5. The Balaban J connectivity index is 2.14. The zero-order chi connectivity index (χ0) is 33.0. The number of nitrogens with zero attached hydrogens (tertiary/aromatic N) is 1. The fourth-order valence-corrected chi connectivity index (χ4v) is 23.4. The fourth-order valence-electron chi connectivity index (χ4n) is 6.14. The van der Waals surface area contributed by atoms with E-state index >= 15 is 0 Å².